The fourth-order valence-corrected chi connectivity index (χ4v) is 5.82. The number of carbonyl (C=O) groups excluding carboxylic acids is 3. The van der Waals surface area contributed by atoms with Crippen LogP contribution in [0.15, 0.2) is 18.2 Å². The van der Waals surface area contributed by atoms with Crippen molar-refractivity contribution >= 4 is 17.7 Å². The van der Waals surface area contributed by atoms with E-state index in [1.807, 2.05) is 19.9 Å². The van der Waals surface area contributed by atoms with Crippen molar-refractivity contribution in [2.75, 3.05) is 13.2 Å². The van der Waals surface area contributed by atoms with Crippen LogP contribution in [0.1, 0.15) is 73.9 Å². The van der Waals surface area contributed by atoms with E-state index in [-0.39, 0.29) is 30.2 Å². The molecule has 8 nitrogen and oxygen atoms in total. The number of rotatable bonds is 5. The molecule has 0 radical (unpaired) electrons. The Hall–Kier alpha value is -2.29. The number of nitrogens with one attached hydrogen (secondary N) is 2. The maximum absolute atomic E-state index is 13.0. The molecule has 3 atom stereocenters. The molecule has 1 aliphatic carbocycles. The molecule has 3 heterocycles. The lowest BCUT2D eigenvalue weighted by Crippen LogP contribution is -2.53. The van der Waals surface area contributed by atoms with Crippen LogP contribution < -0.4 is 10.6 Å². The third-order valence-electron chi connectivity index (χ3n) is 7.71. The first-order valence-electron chi connectivity index (χ1n) is 12.6. The van der Waals surface area contributed by atoms with Crippen LogP contribution in [0.5, 0.6) is 0 Å². The second kappa shape index (κ2) is 9.40. The summed E-state index contributed by atoms with van der Waals surface area (Å²) < 4.78 is 11.7. The Labute approximate surface area is 200 Å². The Morgan fingerprint density at radius 3 is 2.62 bits per heavy atom. The van der Waals surface area contributed by atoms with Crippen molar-refractivity contribution < 1.29 is 23.9 Å². The average Bonchev–Trinajstić information content (AvgIpc) is 3.12. The number of ether oxygens (including phenoxy) is 2. The maximum atomic E-state index is 13.0. The van der Waals surface area contributed by atoms with Crippen molar-refractivity contribution in [2.24, 2.45) is 5.92 Å². The molecule has 2 unspecified atom stereocenters. The number of imide groups is 1. The first-order chi connectivity index (χ1) is 16.3. The van der Waals surface area contributed by atoms with Gasteiger partial charge in [0.2, 0.25) is 11.8 Å². The van der Waals surface area contributed by atoms with Crippen molar-refractivity contribution in [1.29, 1.82) is 0 Å². The van der Waals surface area contributed by atoms with Crippen LogP contribution in [-0.4, -0.2) is 59.7 Å². The van der Waals surface area contributed by atoms with Crippen molar-refractivity contribution in [3.8, 4) is 0 Å². The molecular weight excluding hydrogens is 434 g/mol. The Kier molecular flexibility index (Phi) is 6.48. The number of hydrogen-bond donors (Lipinski definition) is 2. The summed E-state index contributed by atoms with van der Waals surface area (Å²) in [6, 6.07) is 6.17. The standard InChI is InChI=1S/C26H35N3O5/c1-26(2)33-14-19(15-34-26)27-21-6-4-3-5-17(21)11-16-7-8-20-18(12-16)13-29(25(20)32)22-9-10-23(30)28-24(22)31/h7-8,12,17,19,21-22,27H,3-6,9-11,13-15H2,1-2H3,(H,28,30,31)/t17-,21?,22?/m1/s1. The molecule has 1 aromatic carbocycles. The number of carbonyl (C=O) groups is 3. The van der Waals surface area contributed by atoms with Gasteiger partial charge in [0.1, 0.15) is 6.04 Å². The van der Waals surface area contributed by atoms with E-state index in [0.29, 0.717) is 43.7 Å². The molecule has 1 aromatic rings. The van der Waals surface area contributed by atoms with Gasteiger partial charge in [0, 0.05) is 24.6 Å². The quantitative estimate of drug-likeness (QED) is 0.643. The fraction of sp³-hybridized carbons (Fsp3) is 0.654. The second-order valence-corrected chi connectivity index (χ2v) is 10.6. The SMILES string of the molecule is CC1(C)OCC(NC2CCCC[C@@H]2Cc2ccc3c(c2)CN(C2CCC(=O)NC2=O)C3=O)CO1. The normalized spacial score (nSPS) is 29.8. The maximum Gasteiger partial charge on any atom is 0.255 e. The highest BCUT2D eigenvalue weighted by atomic mass is 16.7. The molecule has 2 N–H and O–H groups in total. The monoisotopic (exact) mass is 469 g/mol. The van der Waals surface area contributed by atoms with E-state index in [2.05, 4.69) is 22.8 Å². The molecule has 0 bridgehead atoms. The van der Waals surface area contributed by atoms with E-state index in [1.165, 1.54) is 24.8 Å². The summed E-state index contributed by atoms with van der Waals surface area (Å²) in [6.45, 7) is 5.65. The van der Waals surface area contributed by atoms with Crippen LogP contribution in [0.4, 0.5) is 0 Å². The summed E-state index contributed by atoms with van der Waals surface area (Å²) in [7, 11) is 0. The number of amides is 3. The van der Waals surface area contributed by atoms with E-state index < -0.39 is 11.8 Å². The smallest absolute Gasteiger partial charge is 0.255 e. The molecule has 3 amide bonds. The van der Waals surface area contributed by atoms with Gasteiger partial charge in [0.15, 0.2) is 5.79 Å². The molecule has 3 aliphatic heterocycles. The van der Waals surface area contributed by atoms with E-state index in [0.717, 1.165) is 18.4 Å². The molecule has 0 aromatic heterocycles. The summed E-state index contributed by atoms with van der Waals surface area (Å²) in [4.78, 5) is 38.4. The lowest BCUT2D eigenvalue weighted by molar-refractivity contribution is -0.254. The Morgan fingerprint density at radius 1 is 1.09 bits per heavy atom. The average molecular weight is 470 g/mol. The third kappa shape index (κ3) is 4.90. The van der Waals surface area contributed by atoms with E-state index >= 15 is 0 Å². The minimum atomic E-state index is -0.571. The Balaban J connectivity index is 1.24. The number of hydrogen-bond acceptors (Lipinski definition) is 6. The van der Waals surface area contributed by atoms with Crippen molar-refractivity contribution in [3.63, 3.8) is 0 Å². The van der Waals surface area contributed by atoms with Gasteiger partial charge >= 0.3 is 0 Å². The molecule has 184 valence electrons. The fourth-order valence-electron chi connectivity index (χ4n) is 5.82. The minimum Gasteiger partial charge on any atom is -0.349 e. The number of piperidine rings is 1. The van der Waals surface area contributed by atoms with Crippen molar-refractivity contribution in [3.05, 3.63) is 34.9 Å². The molecule has 1 saturated carbocycles. The van der Waals surface area contributed by atoms with Gasteiger partial charge in [-0.1, -0.05) is 25.0 Å². The third-order valence-corrected chi connectivity index (χ3v) is 7.71. The Morgan fingerprint density at radius 2 is 1.85 bits per heavy atom. The molecular formula is C26H35N3O5. The highest BCUT2D eigenvalue weighted by Gasteiger charge is 2.39. The van der Waals surface area contributed by atoms with Crippen molar-refractivity contribution in [2.45, 2.75) is 89.3 Å². The molecule has 8 heteroatoms. The van der Waals surface area contributed by atoms with Gasteiger partial charge < -0.3 is 19.7 Å². The summed E-state index contributed by atoms with van der Waals surface area (Å²) in [5.41, 5.74) is 2.88. The highest BCUT2D eigenvalue weighted by molar-refractivity contribution is 6.05. The van der Waals surface area contributed by atoms with Crippen LogP contribution in [0, 0.1) is 5.92 Å². The predicted molar refractivity (Wildman–Crippen MR) is 125 cm³/mol. The summed E-state index contributed by atoms with van der Waals surface area (Å²) in [5.74, 6) is -0.738. The number of benzene rings is 1. The van der Waals surface area contributed by atoms with Crippen LogP contribution >= 0.6 is 0 Å². The predicted octanol–water partition coefficient (Wildman–Crippen LogP) is 2.29. The summed E-state index contributed by atoms with van der Waals surface area (Å²) >= 11 is 0. The van der Waals surface area contributed by atoms with E-state index in [4.69, 9.17) is 9.47 Å². The Bertz CT molecular complexity index is 967. The topological polar surface area (TPSA) is 97.0 Å². The van der Waals surface area contributed by atoms with Crippen LogP contribution in [0.2, 0.25) is 0 Å². The lowest BCUT2D eigenvalue weighted by Gasteiger charge is -2.40. The molecule has 4 aliphatic rings. The van der Waals surface area contributed by atoms with Gasteiger partial charge in [0.05, 0.1) is 19.3 Å². The zero-order valence-corrected chi connectivity index (χ0v) is 20.1. The van der Waals surface area contributed by atoms with Gasteiger partial charge in [0.25, 0.3) is 5.91 Å². The highest BCUT2D eigenvalue weighted by Crippen LogP contribution is 2.32. The molecule has 3 fully saturated rings. The first-order valence-corrected chi connectivity index (χ1v) is 12.6. The van der Waals surface area contributed by atoms with Crippen LogP contribution in [0.25, 0.3) is 0 Å². The van der Waals surface area contributed by atoms with Gasteiger partial charge in [-0.25, -0.2) is 0 Å². The van der Waals surface area contributed by atoms with Gasteiger partial charge in [-0.3, -0.25) is 19.7 Å². The largest absolute Gasteiger partial charge is 0.349 e. The first kappa shape index (κ1) is 23.5. The number of nitrogens with zero attached hydrogens (tertiary/aromatic N) is 1. The van der Waals surface area contributed by atoms with Gasteiger partial charge in [-0.05, 0) is 62.6 Å². The van der Waals surface area contributed by atoms with E-state index in [1.54, 1.807) is 4.90 Å². The van der Waals surface area contributed by atoms with Gasteiger partial charge in [-0.2, -0.15) is 0 Å². The van der Waals surface area contributed by atoms with Crippen LogP contribution in [-0.2, 0) is 32.0 Å². The summed E-state index contributed by atoms with van der Waals surface area (Å²) in [5, 5.41) is 6.16. The molecule has 34 heavy (non-hydrogen) atoms. The van der Waals surface area contributed by atoms with Crippen molar-refractivity contribution in [1.82, 2.24) is 15.5 Å². The molecule has 2 saturated heterocycles. The van der Waals surface area contributed by atoms with Gasteiger partial charge in [-0.15, -0.1) is 0 Å². The molecule has 5 rings (SSSR count). The van der Waals surface area contributed by atoms with E-state index in [9.17, 15) is 14.4 Å². The zero-order valence-electron chi connectivity index (χ0n) is 20.1. The molecule has 0 spiro atoms. The number of fused-ring (bicyclic) bond motifs is 1. The van der Waals surface area contributed by atoms with Crippen LogP contribution in [0.3, 0.4) is 0 Å². The zero-order chi connectivity index (χ0) is 23.9. The summed E-state index contributed by atoms with van der Waals surface area (Å²) in [6.07, 6.45) is 6.41. The lowest BCUT2D eigenvalue weighted by atomic mass is 9.80. The second-order valence-electron chi connectivity index (χ2n) is 10.6. The minimum absolute atomic E-state index is 0.117.